The Bertz CT molecular complexity index is 364. The zero-order valence-electron chi connectivity index (χ0n) is 7.66. The van der Waals surface area contributed by atoms with Crippen molar-refractivity contribution >= 4 is 12.2 Å². The van der Waals surface area contributed by atoms with Crippen molar-refractivity contribution < 1.29 is 4.42 Å². The van der Waals surface area contributed by atoms with Crippen molar-refractivity contribution in [2.45, 2.75) is 20.8 Å². The van der Waals surface area contributed by atoms with E-state index in [2.05, 4.69) is 31.0 Å². The Kier molecular flexibility index (Phi) is 1.56. The minimum atomic E-state index is 0.560. The van der Waals surface area contributed by atoms with Crippen LogP contribution in [-0.2, 0) is 0 Å². The van der Waals surface area contributed by atoms with Gasteiger partial charge in [-0.2, -0.15) is 0 Å². The summed E-state index contributed by atoms with van der Waals surface area (Å²) in [6.07, 6.45) is 4.33. The maximum atomic E-state index is 5.43. The van der Waals surface area contributed by atoms with Gasteiger partial charge in [0, 0.05) is 6.92 Å². The third-order valence-corrected chi connectivity index (χ3v) is 2.45. The van der Waals surface area contributed by atoms with Gasteiger partial charge in [0.1, 0.15) is 5.35 Å². The molecule has 0 bridgehead atoms. The second-order valence-electron chi connectivity index (χ2n) is 3.53. The minimum absolute atomic E-state index is 0.560. The zero-order valence-corrected chi connectivity index (χ0v) is 7.66. The summed E-state index contributed by atoms with van der Waals surface area (Å²) < 4.78 is 5.43. The molecule has 0 spiro atoms. The molecule has 0 saturated heterocycles. The number of aromatic nitrogens is 1. The molecular formula is C10H13NO. The molecule has 0 amide bonds. The van der Waals surface area contributed by atoms with Crippen LogP contribution < -0.4 is 10.8 Å². The van der Waals surface area contributed by atoms with Gasteiger partial charge in [-0.1, -0.05) is 19.9 Å². The van der Waals surface area contributed by atoms with Gasteiger partial charge in [-0.05, 0) is 17.9 Å². The van der Waals surface area contributed by atoms with Gasteiger partial charge in [0.05, 0.1) is 0 Å². The van der Waals surface area contributed by atoms with Gasteiger partial charge in [0.15, 0.2) is 11.3 Å². The molecule has 0 radical (unpaired) electrons. The van der Waals surface area contributed by atoms with Gasteiger partial charge in [-0.15, -0.1) is 0 Å². The molecule has 1 heterocycles. The number of nitrogens with zero attached hydrogens (tertiary/aromatic N) is 1. The van der Waals surface area contributed by atoms with E-state index in [1.54, 1.807) is 0 Å². The Morgan fingerprint density at radius 2 is 1.92 bits per heavy atom. The molecule has 1 aliphatic rings. The summed E-state index contributed by atoms with van der Waals surface area (Å²) in [5.74, 6) is 1.89. The van der Waals surface area contributed by atoms with Crippen LogP contribution in [0.15, 0.2) is 4.42 Å². The molecule has 12 heavy (non-hydrogen) atoms. The van der Waals surface area contributed by atoms with E-state index in [0.29, 0.717) is 11.8 Å². The lowest BCUT2D eigenvalue weighted by atomic mass is 9.93. The van der Waals surface area contributed by atoms with Gasteiger partial charge in [-0.25, -0.2) is 4.98 Å². The van der Waals surface area contributed by atoms with E-state index in [1.165, 1.54) is 0 Å². The lowest BCUT2D eigenvalue weighted by molar-refractivity contribution is 0.480. The molecule has 0 fully saturated rings. The van der Waals surface area contributed by atoms with E-state index in [4.69, 9.17) is 4.42 Å². The van der Waals surface area contributed by atoms with E-state index >= 15 is 0 Å². The second-order valence-corrected chi connectivity index (χ2v) is 3.53. The van der Waals surface area contributed by atoms with Crippen molar-refractivity contribution in [3.05, 3.63) is 16.7 Å². The van der Waals surface area contributed by atoms with Crippen molar-refractivity contribution in [1.29, 1.82) is 0 Å². The molecule has 2 nitrogen and oxygen atoms in total. The normalized spacial score (nSPS) is 27.2. The van der Waals surface area contributed by atoms with Gasteiger partial charge in [0.25, 0.3) is 0 Å². The average molecular weight is 163 g/mol. The SMILES string of the molecule is Cc1nc2c(o1)=CC(C)C(C)C=2. The van der Waals surface area contributed by atoms with Crippen molar-refractivity contribution in [3.8, 4) is 0 Å². The van der Waals surface area contributed by atoms with Crippen LogP contribution in [0.5, 0.6) is 0 Å². The minimum Gasteiger partial charge on any atom is -0.441 e. The molecule has 2 atom stereocenters. The zero-order chi connectivity index (χ0) is 8.72. The van der Waals surface area contributed by atoms with Crippen LogP contribution in [0.3, 0.4) is 0 Å². The average Bonchev–Trinajstić information content (AvgIpc) is 2.30. The summed E-state index contributed by atoms with van der Waals surface area (Å²) in [5, 5.41) is 1.01. The quantitative estimate of drug-likeness (QED) is 0.566. The maximum absolute atomic E-state index is 5.43. The van der Waals surface area contributed by atoms with Crippen LogP contribution >= 0.6 is 0 Å². The van der Waals surface area contributed by atoms with Crippen LogP contribution in [0.2, 0.25) is 0 Å². The van der Waals surface area contributed by atoms with E-state index < -0.39 is 0 Å². The molecule has 0 saturated carbocycles. The molecule has 0 aliphatic heterocycles. The lowest BCUT2D eigenvalue weighted by Gasteiger charge is -2.12. The second kappa shape index (κ2) is 2.47. The molecule has 64 valence electrons. The molecule has 2 unspecified atom stereocenters. The Morgan fingerprint density at radius 1 is 1.25 bits per heavy atom. The summed E-state index contributed by atoms with van der Waals surface area (Å²) in [4.78, 5) is 4.28. The first-order valence-corrected chi connectivity index (χ1v) is 4.34. The Morgan fingerprint density at radius 3 is 2.67 bits per heavy atom. The fourth-order valence-electron chi connectivity index (χ4n) is 1.49. The summed E-state index contributed by atoms with van der Waals surface area (Å²) in [6, 6.07) is 0. The number of rotatable bonds is 0. The van der Waals surface area contributed by atoms with Crippen LogP contribution in [0, 0.1) is 18.8 Å². The molecular weight excluding hydrogens is 150 g/mol. The molecule has 2 heteroatoms. The van der Waals surface area contributed by atoms with Crippen LogP contribution in [0.25, 0.3) is 12.2 Å². The maximum Gasteiger partial charge on any atom is 0.192 e. The highest BCUT2D eigenvalue weighted by Crippen LogP contribution is 2.14. The summed E-state index contributed by atoms with van der Waals surface area (Å²) in [7, 11) is 0. The van der Waals surface area contributed by atoms with Gasteiger partial charge in [-0.3, -0.25) is 0 Å². The first-order chi connectivity index (χ1) is 5.66. The smallest absolute Gasteiger partial charge is 0.192 e. The number of oxazole rings is 1. The van der Waals surface area contributed by atoms with Crippen LogP contribution in [0.4, 0.5) is 0 Å². The van der Waals surface area contributed by atoms with E-state index in [-0.39, 0.29) is 0 Å². The largest absolute Gasteiger partial charge is 0.441 e. The summed E-state index contributed by atoms with van der Waals surface area (Å²) >= 11 is 0. The fraction of sp³-hybridized carbons (Fsp3) is 0.500. The first kappa shape index (κ1) is 7.59. The van der Waals surface area contributed by atoms with Gasteiger partial charge >= 0.3 is 0 Å². The molecule has 0 aromatic carbocycles. The number of fused-ring (bicyclic) bond motifs is 1. The third kappa shape index (κ3) is 1.07. The Balaban J connectivity index is 2.69. The fourth-order valence-corrected chi connectivity index (χ4v) is 1.49. The molecule has 1 aromatic rings. The Labute approximate surface area is 71.6 Å². The predicted octanol–water partition coefficient (Wildman–Crippen LogP) is 0.830. The Hall–Kier alpha value is -1.05. The standard InChI is InChI=1S/C10H13NO/c1-6-4-9-10(5-7(6)2)12-8(3)11-9/h4-7H,1-3H3. The molecule has 0 N–H and O–H groups in total. The van der Waals surface area contributed by atoms with E-state index in [0.717, 1.165) is 16.7 Å². The monoisotopic (exact) mass is 163 g/mol. The van der Waals surface area contributed by atoms with Gasteiger partial charge in [0.2, 0.25) is 0 Å². The highest BCUT2D eigenvalue weighted by Gasteiger charge is 2.12. The van der Waals surface area contributed by atoms with Crippen molar-refractivity contribution in [3.63, 3.8) is 0 Å². The predicted molar refractivity (Wildman–Crippen MR) is 47.7 cm³/mol. The topological polar surface area (TPSA) is 26.0 Å². The van der Waals surface area contributed by atoms with E-state index in [1.807, 2.05) is 6.92 Å². The van der Waals surface area contributed by atoms with Crippen molar-refractivity contribution in [2.24, 2.45) is 11.8 Å². The number of hydrogen-bond donors (Lipinski definition) is 0. The molecule has 2 rings (SSSR count). The molecule has 1 aromatic heterocycles. The first-order valence-electron chi connectivity index (χ1n) is 4.34. The summed E-state index contributed by atoms with van der Waals surface area (Å²) in [5.41, 5.74) is 0.943. The highest BCUT2D eigenvalue weighted by atomic mass is 16.3. The van der Waals surface area contributed by atoms with Crippen molar-refractivity contribution in [2.75, 3.05) is 0 Å². The van der Waals surface area contributed by atoms with Gasteiger partial charge < -0.3 is 4.42 Å². The third-order valence-electron chi connectivity index (χ3n) is 2.45. The molecule has 1 aliphatic carbocycles. The van der Waals surface area contributed by atoms with Crippen LogP contribution in [0.1, 0.15) is 19.7 Å². The van der Waals surface area contributed by atoms with E-state index in [9.17, 15) is 0 Å². The highest BCUT2D eigenvalue weighted by molar-refractivity contribution is 5.37. The lowest BCUT2D eigenvalue weighted by Crippen LogP contribution is -2.29. The number of hydrogen-bond acceptors (Lipinski definition) is 2. The van der Waals surface area contributed by atoms with Crippen LogP contribution in [-0.4, -0.2) is 4.98 Å². The van der Waals surface area contributed by atoms with Crippen molar-refractivity contribution in [1.82, 2.24) is 4.98 Å². The number of aryl methyl sites for hydroxylation is 1. The summed E-state index contributed by atoms with van der Waals surface area (Å²) in [6.45, 7) is 6.28.